The molecule has 0 aromatic rings. The Balaban J connectivity index is 0. The number of rotatable bonds is 6. The van der Waals surface area contributed by atoms with Crippen molar-refractivity contribution in [1.29, 1.82) is 0 Å². The number of hydrogen-bond acceptors (Lipinski definition) is 3. The van der Waals surface area contributed by atoms with Crippen LogP contribution in [0.4, 0.5) is 0 Å². The van der Waals surface area contributed by atoms with E-state index >= 15 is 0 Å². The SMILES string of the molecule is CCCCCCC(C)P(=O)([O-])[O-].[Cr+2]. The first-order valence-electron chi connectivity index (χ1n) is 4.50. The van der Waals surface area contributed by atoms with Crippen molar-refractivity contribution in [3.8, 4) is 0 Å². The van der Waals surface area contributed by atoms with Gasteiger partial charge >= 0.3 is 17.4 Å². The maximum Gasteiger partial charge on any atom is 2.00 e. The van der Waals surface area contributed by atoms with Gasteiger partial charge in [-0.05, 0) is 12.1 Å². The largest absolute Gasteiger partial charge is 2.00 e. The van der Waals surface area contributed by atoms with Gasteiger partial charge in [-0.2, -0.15) is 0 Å². The van der Waals surface area contributed by atoms with Crippen molar-refractivity contribution < 1.29 is 31.7 Å². The Labute approximate surface area is 91.2 Å². The van der Waals surface area contributed by atoms with E-state index in [9.17, 15) is 14.4 Å². The van der Waals surface area contributed by atoms with Gasteiger partial charge in [0.05, 0.1) is 0 Å². The Hall–Kier alpha value is 0.682. The maximum absolute atomic E-state index is 10.5. The van der Waals surface area contributed by atoms with Crippen molar-refractivity contribution in [2.45, 2.75) is 51.6 Å². The van der Waals surface area contributed by atoms with Gasteiger partial charge in [-0.25, -0.2) is 0 Å². The third-order valence-corrected chi connectivity index (χ3v) is 3.35. The summed E-state index contributed by atoms with van der Waals surface area (Å²) in [5.41, 5.74) is -0.686. The van der Waals surface area contributed by atoms with E-state index < -0.39 is 13.3 Å². The average Bonchev–Trinajstić information content (AvgIpc) is 1.96. The van der Waals surface area contributed by atoms with Gasteiger partial charge in [0, 0.05) is 0 Å². The van der Waals surface area contributed by atoms with Gasteiger partial charge in [-0.1, -0.05) is 47.1 Å². The predicted molar refractivity (Wildman–Crippen MR) is 45.8 cm³/mol. The van der Waals surface area contributed by atoms with Crippen molar-refractivity contribution in [1.82, 2.24) is 0 Å². The summed E-state index contributed by atoms with van der Waals surface area (Å²) in [5, 5.41) is 0. The van der Waals surface area contributed by atoms with Gasteiger partial charge in [-0.3, -0.25) is 0 Å². The second kappa shape index (κ2) is 8.03. The van der Waals surface area contributed by atoms with E-state index in [1.807, 2.05) is 0 Å². The summed E-state index contributed by atoms with van der Waals surface area (Å²) < 4.78 is 10.5. The van der Waals surface area contributed by atoms with Crippen LogP contribution in [0.15, 0.2) is 0 Å². The molecule has 0 aliphatic rings. The number of hydrogen-bond donors (Lipinski definition) is 0. The normalized spacial score (nSPS) is 13.5. The summed E-state index contributed by atoms with van der Waals surface area (Å²) in [4.78, 5) is 20.9. The second-order valence-corrected chi connectivity index (χ2v) is 5.20. The Morgan fingerprint density at radius 2 is 1.77 bits per heavy atom. The van der Waals surface area contributed by atoms with E-state index in [4.69, 9.17) is 0 Å². The summed E-state index contributed by atoms with van der Waals surface area (Å²) in [6.07, 6.45) is 4.64. The molecular weight excluding hydrogens is 227 g/mol. The predicted octanol–water partition coefficient (Wildman–Crippen LogP) is 1.26. The molecule has 0 amide bonds. The Kier molecular flexibility index (Phi) is 9.96. The molecule has 5 heteroatoms. The van der Waals surface area contributed by atoms with Gasteiger partial charge in [-0.15, -0.1) is 0 Å². The molecule has 0 spiro atoms. The molecule has 1 atom stereocenters. The van der Waals surface area contributed by atoms with Crippen LogP contribution in [0.5, 0.6) is 0 Å². The van der Waals surface area contributed by atoms with Gasteiger partial charge in [0.25, 0.3) is 0 Å². The van der Waals surface area contributed by atoms with E-state index in [-0.39, 0.29) is 17.4 Å². The topological polar surface area (TPSA) is 63.2 Å². The Morgan fingerprint density at radius 3 is 2.15 bits per heavy atom. The van der Waals surface area contributed by atoms with E-state index in [0.717, 1.165) is 25.7 Å². The molecule has 13 heavy (non-hydrogen) atoms. The third kappa shape index (κ3) is 9.00. The van der Waals surface area contributed by atoms with E-state index in [2.05, 4.69) is 6.92 Å². The van der Waals surface area contributed by atoms with Crippen LogP contribution in [0.2, 0.25) is 0 Å². The maximum atomic E-state index is 10.5. The zero-order chi connectivity index (χ0) is 9.61. The molecule has 0 radical (unpaired) electrons. The van der Waals surface area contributed by atoms with Gasteiger partial charge in [0.2, 0.25) is 0 Å². The van der Waals surface area contributed by atoms with Crippen molar-refractivity contribution >= 4 is 7.60 Å². The molecule has 0 aliphatic heterocycles. The summed E-state index contributed by atoms with van der Waals surface area (Å²) in [7, 11) is -4.31. The van der Waals surface area contributed by atoms with Crippen molar-refractivity contribution in [3.05, 3.63) is 0 Å². The van der Waals surface area contributed by atoms with Gasteiger partial charge in [0.1, 0.15) is 0 Å². The summed E-state index contributed by atoms with van der Waals surface area (Å²) in [6.45, 7) is 3.59. The fraction of sp³-hybridized carbons (Fsp3) is 1.00. The molecule has 0 aromatic heterocycles. The van der Waals surface area contributed by atoms with Crippen LogP contribution in [-0.2, 0) is 21.9 Å². The van der Waals surface area contributed by atoms with Crippen LogP contribution < -0.4 is 9.79 Å². The van der Waals surface area contributed by atoms with Crippen LogP contribution in [0.1, 0.15) is 46.0 Å². The molecule has 0 saturated heterocycles. The van der Waals surface area contributed by atoms with E-state index in [0.29, 0.717) is 6.42 Å². The minimum absolute atomic E-state index is 0. The van der Waals surface area contributed by atoms with Crippen LogP contribution in [0.25, 0.3) is 0 Å². The first kappa shape index (κ1) is 16.1. The number of unbranched alkanes of at least 4 members (excludes halogenated alkanes) is 3. The molecule has 0 saturated carbocycles. The molecule has 0 bridgehead atoms. The Bertz CT molecular complexity index is 157. The molecule has 0 N–H and O–H groups in total. The minimum Gasteiger partial charge on any atom is -0.811 e. The molecule has 1 unspecified atom stereocenters. The summed E-state index contributed by atoms with van der Waals surface area (Å²) in [5.74, 6) is 0. The standard InChI is InChI=1S/C8H19O3P.Cr/c1-3-4-5-6-7-8(2)12(9,10)11;/h8H,3-7H2,1-2H3,(H2,9,10,11);/q;+2/p-2. The summed E-state index contributed by atoms with van der Waals surface area (Å²) >= 11 is 0. The van der Waals surface area contributed by atoms with Crippen LogP contribution in [-0.4, -0.2) is 5.66 Å². The molecule has 0 aliphatic carbocycles. The molecular formula is C8H17CrO3P. The fourth-order valence-electron chi connectivity index (χ4n) is 1.02. The minimum atomic E-state index is -4.31. The zero-order valence-corrected chi connectivity index (χ0v) is 10.4. The Morgan fingerprint density at radius 1 is 1.23 bits per heavy atom. The summed E-state index contributed by atoms with van der Waals surface area (Å²) in [6, 6.07) is 0. The first-order valence-corrected chi connectivity index (χ1v) is 6.11. The molecule has 78 valence electrons. The quantitative estimate of drug-likeness (QED) is 0.522. The van der Waals surface area contributed by atoms with Crippen molar-refractivity contribution in [2.24, 2.45) is 0 Å². The van der Waals surface area contributed by atoms with Crippen molar-refractivity contribution in [3.63, 3.8) is 0 Å². The first-order chi connectivity index (χ1) is 5.48. The smallest absolute Gasteiger partial charge is 0.811 e. The van der Waals surface area contributed by atoms with Crippen LogP contribution in [0, 0.1) is 0 Å². The second-order valence-electron chi connectivity index (χ2n) is 3.24. The fourth-order valence-corrected chi connectivity index (χ4v) is 1.52. The van der Waals surface area contributed by atoms with E-state index in [1.54, 1.807) is 0 Å². The monoisotopic (exact) mass is 244 g/mol. The zero-order valence-electron chi connectivity index (χ0n) is 8.19. The van der Waals surface area contributed by atoms with E-state index in [1.165, 1.54) is 6.92 Å². The molecule has 0 heterocycles. The van der Waals surface area contributed by atoms with Crippen LogP contribution in [0.3, 0.4) is 0 Å². The van der Waals surface area contributed by atoms with Gasteiger partial charge in [0.15, 0.2) is 0 Å². The molecule has 0 fully saturated rings. The van der Waals surface area contributed by atoms with Crippen molar-refractivity contribution in [2.75, 3.05) is 0 Å². The molecule has 0 rings (SSSR count). The third-order valence-electron chi connectivity index (χ3n) is 2.02. The molecule has 3 nitrogen and oxygen atoms in total. The average molecular weight is 244 g/mol. The van der Waals surface area contributed by atoms with Gasteiger partial charge < -0.3 is 14.4 Å². The molecule has 0 aromatic carbocycles. The van der Waals surface area contributed by atoms with Crippen LogP contribution >= 0.6 is 7.60 Å².